The molecule has 0 bridgehead atoms. The molecule has 1 aromatic carbocycles. The molecule has 2 aliphatic carbocycles. The van der Waals surface area contributed by atoms with E-state index in [-0.39, 0.29) is 5.91 Å². The number of anilines is 1. The molecule has 2 fully saturated rings. The van der Waals surface area contributed by atoms with Gasteiger partial charge in [-0.15, -0.1) is 0 Å². The maximum Gasteiger partial charge on any atom is 0.253 e. The Kier molecular flexibility index (Phi) is 3.40. The maximum atomic E-state index is 12.2. The molecular formula is C15H19ClN2O. The number of benzene rings is 1. The van der Waals surface area contributed by atoms with E-state index in [9.17, 15) is 4.79 Å². The van der Waals surface area contributed by atoms with Gasteiger partial charge in [0.25, 0.3) is 5.91 Å². The molecule has 0 heterocycles. The first-order valence-corrected chi connectivity index (χ1v) is 7.37. The summed E-state index contributed by atoms with van der Waals surface area (Å²) in [7, 11) is 0. The van der Waals surface area contributed by atoms with Crippen molar-refractivity contribution in [2.24, 2.45) is 17.8 Å². The van der Waals surface area contributed by atoms with Gasteiger partial charge in [0.05, 0.1) is 16.3 Å². The minimum atomic E-state index is -0.105. The van der Waals surface area contributed by atoms with E-state index in [1.807, 2.05) is 0 Å². The van der Waals surface area contributed by atoms with Gasteiger partial charge in [0.1, 0.15) is 0 Å². The third-order valence-electron chi connectivity index (χ3n) is 4.25. The zero-order valence-corrected chi connectivity index (χ0v) is 11.6. The van der Waals surface area contributed by atoms with Crippen LogP contribution in [0.25, 0.3) is 0 Å². The number of para-hydroxylation sites is 1. The highest BCUT2D eigenvalue weighted by Gasteiger charge is 2.41. The van der Waals surface area contributed by atoms with Crippen LogP contribution >= 0.6 is 11.6 Å². The maximum absolute atomic E-state index is 12.2. The average Bonchev–Trinajstić information content (AvgIpc) is 3.26. The number of carbonyl (C=O) groups is 1. The van der Waals surface area contributed by atoms with Crippen molar-refractivity contribution in [3.05, 3.63) is 28.8 Å². The predicted molar refractivity (Wildman–Crippen MR) is 77.1 cm³/mol. The lowest BCUT2D eigenvalue weighted by Crippen LogP contribution is -2.31. The van der Waals surface area contributed by atoms with Crippen LogP contribution in [0.3, 0.4) is 0 Å². The standard InChI is InChI=1S/C15H19ClN2O/c16-13-3-1-2-11(14(13)17)15(19)18-8-12(9-4-5-9)10-6-7-10/h1-3,9-10,12H,4-8,17H2,(H,18,19). The summed E-state index contributed by atoms with van der Waals surface area (Å²) in [4.78, 5) is 12.2. The number of nitrogen functional groups attached to an aromatic ring is 1. The van der Waals surface area contributed by atoms with Gasteiger partial charge in [-0.05, 0) is 55.6 Å². The first-order valence-electron chi connectivity index (χ1n) is 6.99. The summed E-state index contributed by atoms with van der Waals surface area (Å²) in [6.45, 7) is 0.778. The van der Waals surface area contributed by atoms with Crippen LogP contribution in [0.4, 0.5) is 5.69 Å². The van der Waals surface area contributed by atoms with Gasteiger partial charge in [-0.25, -0.2) is 0 Å². The van der Waals surface area contributed by atoms with Crippen molar-refractivity contribution in [3.8, 4) is 0 Å². The molecular weight excluding hydrogens is 260 g/mol. The van der Waals surface area contributed by atoms with Gasteiger partial charge in [-0.3, -0.25) is 4.79 Å². The molecule has 0 aliphatic heterocycles. The van der Waals surface area contributed by atoms with Crippen LogP contribution < -0.4 is 11.1 Å². The Hall–Kier alpha value is -1.22. The van der Waals surface area contributed by atoms with Gasteiger partial charge in [0.2, 0.25) is 0 Å². The molecule has 0 radical (unpaired) electrons. The van der Waals surface area contributed by atoms with Crippen molar-refractivity contribution in [2.45, 2.75) is 25.7 Å². The van der Waals surface area contributed by atoms with E-state index in [2.05, 4.69) is 5.32 Å². The van der Waals surface area contributed by atoms with Crippen LogP contribution in [0.2, 0.25) is 5.02 Å². The Labute approximate surface area is 118 Å². The van der Waals surface area contributed by atoms with E-state index < -0.39 is 0 Å². The summed E-state index contributed by atoms with van der Waals surface area (Å²) in [6, 6.07) is 5.18. The molecule has 3 rings (SSSR count). The zero-order chi connectivity index (χ0) is 13.4. The van der Waals surface area contributed by atoms with Gasteiger partial charge in [0.15, 0.2) is 0 Å². The minimum Gasteiger partial charge on any atom is -0.397 e. The fourth-order valence-electron chi connectivity index (χ4n) is 2.81. The second kappa shape index (κ2) is 5.04. The van der Waals surface area contributed by atoms with Crippen LogP contribution in [0.5, 0.6) is 0 Å². The predicted octanol–water partition coefficient (Wildman–Crippen LogP) is 3.09. The van der Waals surface area contributed by atoms with Gasteiger partial charge in [-0.1, -0.05) is 17.7 Å². The fraction of sp³-hybridized carbons (Fsp3) is 0.533. The van der Waals surface area contributed by atoms with Crippen LogP contribution in [-0.4, -0.2) is 12.5 Å². The highest BCUT2D eigenvalue weighted by atomic mass is 35.5. The van der Waals surface area contributed by atoms with E-state index in [1.165, 1.54) is 25.7 Å². The van der Waals surface area contributed by atoms with Crippen LogP contribution in [-0.2, 0) is 0 Å². The first kappa shape index (κ1) is 12.8. The average molecular weight is 279 g/mol. The number of hydrogen-bond donors (Lipinski definition) is 2. The molecule has 2 saturated carbocycles. The summed E-state index contributed by atoms with van der Waals surface area (Å²) in [6.07, 6.45) is 5.32. The first-order chi connectivity index (χ1) is 9.16. The van der Waals surface area contributed by atoms with E-state index in [1.54, 1.807) is 18.2 Å². The van der Waals surface area contributed by atoms with Crippen molar-refractivity contribution < 1.29 is 4.79 Å². The summed E-state index contributed by atoms with van der Waals surface area (Å²) in [5.41, 5.74) is 6.70. The van der Waals surface area contributed by atoms with Crippen molar-refractivity contribution in [1.82, 2.24) is 5.32 Å². The minimum absolute atomic E-state index is 0.105. The normalized spacial score (nSPS) is 18.6. The highest BCUT2D eigenvalue weighted by molar-refractivity contribution is 6.33. The number of hydrogen-bond acceptors (Lipinski definition) is 2. The van der Waals surface area contributed by atoms with Crippen molar-refractivity contribution in [3.63, 3.8) is 0 Å². The monoisotopic (exact) mass is 278 g/mol. The Bertz CT molecular complexity index is 483. The molecule has 0 spiro atoms. The quantitative estimate of drug-likeness (QED) is 0.813. The smallest absolute Gasteiger partial charge is 0.253 e. The van der Waals surface area contributed by atoms with E-state index in [0.29, 0.717) is 22.2 Å². The molecule has 1 aromatic rings. The van der Waals surface area contributed by atoms with Crippen molar-refractivity contribution >= 4 is 23.2 Å². The van der Waals surface area contributed by atoms with Gasteiger partial charge in [-0.2, -0.15) is 0 Å². The molecule has 2 aliphatic rings. The third-order valence-corrected chi connectivity index (χ3v) is 4.58. The van der Waals surface area contributed by atoms with E-state index in [4.69, 9.17) is 17.3 Å². The summed E-state index contributed by atoms with van der Waals surface area (Å²) in [5.74, 6) is 2.24. The number of amides is 1. The molecule has 4 heteroatoms. The Morgan fingerprint density at radius 3 is 2.53 bits per heavy atom. The fourth-order valence-corrected chi connectivity index (χ4v) is 2.98. The lowest BCUT2D eigenvalue weighted by atomic mass is 9.98. The molecule has 102 valence electrons. The van der Waals surface area contributed by atoms with Gasteiger partial charge < -0.3 is 11.1 Å². The number of carbonyl (C=O) groups excluding carboxylic acids is 1. The Morgan fingerprint density at radius 2 is 1.95 bits per heavy atom. The molecule has 3 nitrogen and oxygen atoms in total. The summed E-state index contributed by atoms with van der Waals surface area (Å²) < 4.78 is 0. The highest BCUT2D eigenvalue weighted by Crippen LogP contribution is 2.48. The molecule has 0 saturated heterocycles. The molecule has 1 amide bonds. The number of rotatable bonds is 5. The number of nitrogens with one attached hydrogen (secondary N) is 1. The summed E-state index contributed by atoms with van der Waals surface area (Å²) >= 11 is 5.94. The molecule has 0 atom stereocenters. The van der Waals surface area contributed by atoms with E-state index >= 15 is 0 Å². The molecule has 3 N–H and O–H groups in total. The SMILES string of the molecule is Nc1c(Cl)cccc1C(=O)NCC(C1CC1)C1CC1. The number of halogens is 1. The van der Waals surface area contributed by atoms with Crippen molar-refractivity contribution in [2.75, 3.05) is 12.3 Å². The second-order valence-electron chi connectivity index (χ2n) is 5.75. The third kappa shape index (κ3) is 2.86. The van der Waals surface area contributed by atoms with Gasteiger partial charge in [0, 0.05) is 6.54 Å². The van der Waals surface area contributed by atoms with Crippen LogP contribution in [0.1, 0.15) is 36.0 Å². The topological polar surface area (TPSA) is 55.1 Å². The Morgan fingerprint density at radius 1 is 1.32 bits per heavy atom. The summed E-state index contributed by atoms with van der Waals surface area (Å²) in [5, 5.41) is 3.47. The lowest BCUT2D eigenvalue weighted by Gasteiger charge is -2.16. The van der Waals surface area contributed by atoms with Crippen LogP contribution in [0, 0.1) is 17.8 Å². The molecule has 0 aromatic heterocycles. The Balaban J connectivity index is 1.62. The van der Waals surface area contributed by atoms with Crippen molar-refractivity contribution in [1.29, 1.82) is 0 Å². The molecule has 19 heavy (non-hydrogen) atoms. The van der Waals surface area contributed by atoms with Crippen LogP contribution in [0.15, 0.2) is 18.2 Å². The zero-order valence-electron chi connectivity index (χ0n) is 10.9. The second-order valence-corrected chi connectivity index (χ2v) is 6.16. The lowest BCUT2D eigenvalue weighted by molar-refractivity contribution is 0.0944. The largest absolute Gasteiger partial charge is 0.397 e. The number of nitrogens with two attached hydrogens (primary N) is 1. The van der Waals surface area contributed by atoms with E-state index in [0.717, 1.165) is 18.4 Å². The van der Waals surface area contributed by atoms with Gasteiger partial charge >= 0.3 is 0 Å². The molecule has 0 unspecified atom stereocenters.